The van der Waals surface area contributed by atoms with E-state index < -0.39 is 0 Å². The molecular formula is C21H24N6OS. The van der Waals surface area contributed by atoms with Crippen molar-refractivity contribution in [2.45, 2.75) is 40.3 Å². The second kappa shape index (κ2) is 7.44. The van der Waals surface area contributed by atoms with E-state index in [1.54, 1.807) is 28.4 Å². The number of pyridine rings is 1. The topological polar surface area (TPSA) is 77.6 Å². The van der Waals surface area contributed by atoms with Crippen molar-refractivity contribution in [1.29, 1.82) is 0 Å². The lowest BCUT2D eigenvalue weighted by molar-refractivity contribution is 0.0952. The molecule has 0 aromatic carbocycles. The van der Waals surface area contributed by atoms with Crippen LogP contribution in [0.2, 0.25) is 0 Å². The zero-order chi connectivity index (χ0) is 20.7. The number of aryl methyl sites for hydroxylation is 3. The van der Waals surface area contributed by atoms with Gasteiger partial charge in [0.05, 0.1) is 29.0 Å². The summed E-state index contributed by atoms with van der Waals surface area (Å²) in [4.78, 5) is 20.4. The maximum absolute atomic E-state index is 13.1. The average Bonchev–Trinajstić information content (AvgIpc) is 3.36. The van der Waals surface area contributed by atoms with Crippen LogP contribution in [0.25, 0.3) is 22.3 Å². The number of aromatic nitrogens is 5. The van der Waals surface area contributed by atoms with Gasteiger partial charge >= 0.3 is 0 Å². The molecule has 0 bridgehead atoms. The van der Waals surface area contributed by atoms with Gasteiger partial charge in [0.15, 0.2) is 5.65 Å². The SMILES string of the molecule is Cc1cc(-c2cc(C(=O)NCc3cnn(C)c3)c3cnn(C(C)C)c3n2)c(C)s1. The van der Waals surface area contributed by atoms with Crippen LogP contribution in [0.5, 0.6) is 0 Å². The number of carbonyl (C=O) groups excluding carboxylic acids is 1. The number of hydrogen-bond acceptors (Lipinski definition) is 5. The molecule has 4 rings (SSSR count). The Bertz CT molecular complexity index is 1200. The lowest BCUT2D eigenvalue weighted by Gasteiger charge is -2.11. The molecule has 0 saturated carbocycles. The van der Waals surface area contributed by atoms with Crippen molar-refractivity contribution in [2.75, 3.05) is 0 Å². The number of nitrogens with one attached hydrogen (secondary N) is 1. The van der Waals surface area contributed by atoms with Gasteiger partial charge in [-0.15, -0.1) is 11.3 Å². The van der Waals surface area contributed by atoms with Crippen LogP contribution in [0, 0.1) is 13.8 Å². The van der Waals surface area contributed by atoms with E-state index in [0.29, 0.717) is 12.1 Å². The number of amides is 1. The van der Waals surface area contributed by atoms with Crippen molar-refractivity contribution in [3.05, 3.63) is 51.6 Å². The highest BCUT2D eigenvalue weighted by atomic mass is 32.1. The first-order valence-corrected chi connectivity index (χ1v) is 10.4. The number of hydrogen-bond donors (Lipinski definition) is 1. The van der Waals surface area contributed by atoms with Gasteiger partial charge in [0.1, 0.15) is 0 Å². The average molecular weight is 409 g/mol. The van der Waals surface area contributed by atoms with E-state index in [1.807, 2.05) is 24.0 Å². The Morgan fingerprint density at radius 3 is 2.62 bits per heavy atom. The van der Waals surface area contributed by atoms with Crippen molar-refractivity contribution in [1.82, 2.24) is 29.9 Å². The summed E-state index contributed by atoms with van der Waals surface area (Å²) in [5, 5.41) is 12.4. The fraction of sp³-hybridized carbons (Fsp3) is 0.333. The van der Waals surface area contributed by atoms with Crippen molar-refractivity contribution in [3.63, 3.8) is 0 Å². The zero-order valence-corrected chi connectivity index (χ0v) is 18.0. The van der Waals surface area contributed by atoms with E-state index in [1.165, 1.54) is 9.75 Å². The predicted octanol–water partition coefficient (Wildman–Crippen LogP) is 4.02. The molecule has 1 N–H and O–H groups in total. The molecule has 150 valence electrons. The molecule has 0 aliphatic rings. The van der Waals surface area contributed by atoms with Gasteiger partial charge in [0.25, 0.3) is 5.91 Å². The molecule has 0 atom stereocenters. The molecule has 4 aromatic heterocycles. The minimum absolute atomic E-state index is 0.143. The van der Waals surface area contributed by atoms with Gasteiger partial charge < -0.3 is 5.32 Å². The summed E-state index contributed by atoms with van der Waals surface area (Å²) in [6.07, 6.45) is 5.38. The molecule has 29 heavy (non-hydrogen) atoms. The monoisotopic (exact) mass is 408 g/mol. The third kappa shape index (κ3) is 3.67. The first-order valence-electron chi connectivity index (χ1n) is 9.55. The third-order valence-electron chi connectivity index (χ3n) is 4.83. The van der Waals surface area contributed by atoms with E-state index in [-0.39, 0.29) is 11.9 Å². The second-order valence-electron chi connectivity index (χ2n) is 7.51. The van der Waals surface area contributed by atoms with Crippen LogP contribution in [0.4, 0.5) is 0 Å². The van der Waals surface area contributed by atoms with E-state index in [0.717, 1.165) is 27.9 Å². The highest BCUT2D eigenvalue weighted by molar-refractivity contribution is 7.12. The Kier molecular flexibility index (Phi) is 4.96. The molecule has 1 amide bonds. The number of carbonyl (C=O) groups is 1. The second-order valence-corrected chi connectivity index (χ2v) is 8.97. The van der Waals surface area contributed by atoms with Crippen LogP contribution >= 0.6 is 11.3 Å². The molecule has 8 heteroatoms. The number of nitrogens with zero attached hydrogens (tertiary/aromatic N) is 5. The largest absolute Gasteiger partial charge is 0.348 e. The van der Waals surface area contributed by atoms with Gasteiger partial charge in [0, 0.05) is 46.7 Å². The number of thiophene rings is 1. The summed E-state index contributed by atoms with van der Waals surface area (Å²) in [5.74, 6) is -0.143. The molecular weight excluding hydrogens is 384 g/mol. The zero-order valence-electron chi connectivity index (χ0n) is 17.2. The third-order valence-corrected chi connectivity index (χ3v) is 5.79. The summed E-state index contributed by atoms with van der Waals surface area (Å²) in [7, 11) is 1.86. The van der Waals surface area contributed by atoms with Gasteiger partial charge in [-0.25, -0.2) is 9.67 Å². The van der Waals surface area contributed by atoms with E-state index in [4.69, 9.17) is 4.98 Å². The molecule has 0 aliphatic heterocycles. The van der Waals surface area contributed by atoms with Gasteiger partial charge in [0.2, 0.25) is 0 Å². The first kappa shape index (κ1) is 19.3. The molecule has 7 nitrogen and oxygen atoms in total. The first-order chi connectivity index (χ1) is 13.8. The minimum atomic E-state index is -0.143. The number of rotatable bonds is 5. The van der Waals surface area contributed by atoms with Crippen LogP contribution in [0.1, 0.15) is 45.6 Å². The van der Waals surface area contributed by atoms with Gasteiger partial charge in [-0.1, -0.05) is 0 Å². The van der Waals surface area contributed by atoms with E-state index >= 15 is 0 Å². The fourth-order valence-electron chi connectivity index (χ4n) is 3.45. The van der Waals surface area contributed by atoms with E-state index in [2.05, 4.69) is 49.3 Å². The molecule has 4 heterocycles. The Morgan fingerprint density at radius 2 is 2.00 bits per heavy atom. The molecule has 0 saturated heterocycles. The summed E-state index contributed by atoms with van der Waals surface area (Å²) >= 11 is 1.73. The lowest BCUT2D eigenvalue weighted by atomic mass is 10.1. The fourth-order valence-corrected chi connectivity index (χ4v) is 4.38. The summed E-state index contributed by atoms with van der Waals surface area (Å²) in [5.41, 5.74) is 4.13. The van der Waals surface area contributed by atoms with Crippen LogP contribution in [0.15, 0.2) is 30.7 Å². The van der Waals surface area contributed by atoms with Crippen molar-refractivity contribution < 1.29 is 4.79 Å². The van der Waals surface area contributed by atoms with Crippen LogP contribution in [0.3, 0.4) is 0 Å². The highest BCUT2D eigenvalue weighted by Gasteiger charge is 2.19. The molecule has 0 spiro atoms. The molecule has 0 radical (unpaired) electrons. The molecule has 0 aliphatic carbocycles. The lowest BCUT2D eigenvalue weighted by Crippen LogP contribution is -2.23. The normalized spacial score (nSPS) is 11.5. The quantitative estimate of drug-likeness (QED) is 0.541. The summed E-state index contributed by atoms with van der Waals surface area (Å²) in [6, 6.07) is 4.15. The van der Waals surface area contributed by atoms with E-state index in [9.17, 15) is 4.79 Å². The highest BCUT2D eigenvalue weighted by Crippen LogP contribution is 2.32. The maximum Gasteiger partial charge on any atom is 0.252 e. The predicted molar refractivity (Wildman–Crippen MR) is 115 cm³/mol. The summed E-state index contributed by atoms with van der Waals surface area (Å²) in [6.45, 7) is 8.70. The Morgan fingerprint density at radius 1 is 1.21 bits per heavy atom. The Balaban J connectivity index is 1.78. The Labute approximate surface area is 173 Å². The van der Waals surface area contributed by atoms with Crippen LogP contribution < -0.4 is 5.32 Å². The Hall–Kier alpha value is -3.00. The number of fused-ring (bicyclic) bond motifs is 1. The smallest absolute Gasteiger partial charge is 0.252 e. The van der Waals surface area contributed by atoms with Crippen molar-refractivity contribution in [3.8, 4) is 11.3 Å². The van der Waals surface area contributed by atoms with Gasteiger partial charge in [-0.2, -0.15) is 10.2 Å². The molecule has 0 fully saturated rings. The van der Waals surface area contributed by atoms with Gasteiger partial charge in [-0.05, 0) is 39.8 Å². The summed E-state index contributed by atoms with van der Waals surface area (Å²) < 4.78 is 3.59. The molecule has 0 unspecified atom stereocenters. The molecule has 4 aromatic rings. The minimum Gasteiger partial charge on any atom is -0.348 e. The standard InChI is InChI=1S/C21H24N6OS/c1-12(2)27-20-18(10-24-27)17(21(28)22-8-15-9-23-26(5)11-15)7-19(25-20)16-6-13(3)29-14(16)4/h6-7,9-12H,8H2,1-5H3,(H,22,28). The van der Waals surface area contributed by atoms with Crippen LogP contribution in [-0.2, 0) is 13.6 Å². The van der Waals surface area contributed by atoms with Gasteiger partial charge in [-0.3, -0.25) is 9.48 Å². The van der Waals surface area contributed by atoms with Crippen molar-refractivity contribution in [2.24, 2.45) is 7.05 Å². The maximum atomic E-state index is 13.1. The van der Waals surface area contributed by atoms with Crippen molar-refractivity contribution >= 4 is 28.3 Å². The van der Waals surface area contributed by atoms with Crippen LogP contribution in [-0.4, -0.2) is 30.5 Å².